The van der Waals surface area contributed by atoms with Crippen molar-refractivity contribution in [3.05, 3.63) is 89.2 Å². The monoisotopic (exact) mass is 606 g/mol. The van der Waals surface area contributed by atoms with E-state index in [1.165, 1.54) is 17.6 Å². The molecule has 0 bridgehead atoms. The van der Waals surface area contributed by atoms with Crippen LogP contribution in [-0.4, -0.2) is 62.8 Å². The first-order chi connectivity index (χ1) is 20.6. The molecule has 1 N–H and O–H groups in total. The smallest absolute Gasteiger partial charge is 0.264 e. The van der Waals surface area contributed by atoms with Crippen LogP contribution in [-0.2, 0) is 37.3 Å². The first-order valence-corrected chi connectivity index (χ1v) is 15.9. The first kappa shape index (κ1) is 30.3. The summed E-state index contributed by atoms with van der Waals surface area (Å²) in [5.41, 5.74) is 6.17. The number of carbonyl (C=O) groups excluding carboxylic acids is 1. The summed E-state index contributed by atoms with van der Waals surface area (Å²) in [5, 5.41) is 8.48. The third-order valence-corrected chi connectivity index (χ3v) is 9.72. The number of amides is 1. The maximum absolute atomic E-state index is 13.0. The molecule has 13 heteroatoms. The second-order valence-corrected chi connectivity index (χ2v) is 13.2. The number of rotatable bonds is 11. The van der Waals surface area contributed by atoms with Gasteiger partial charge in [0, 0.05) is 56.0 Å². The Hall–Kier alpha value is -4.20. The van der Waals surface area contributed by atoms with E-state index >= 15 is 0 Å². The van der Waals surface area contributed by atoms with Gasteiger partial charge in [-0.25, -0.2) is 23.4 Å². The highest BCUT2D eigenvalue weighted by Gasteiger charge is 2.44. The van der Waals surface area contributed by atoms with Gasteiger partial charge >= 0.3 is 0 Å². The molecular weight excluding hydrogens is 572 g/mol. The number of hydrogen-bond donors (Lipinski definition) is 1. The molecule has 1 aliphatic heterocycles. The van der Waals surface area contributed by atoms with Gasteiger partial charge in [-0.15, -0.1) is 5.10 Å². The topological polar surface area (TPSA) is 147 Å². The van der Waals surface area contributed by atoms with Crippen LogP contribution >= 0.6 is 0 Å². The molecule has 1 aromatic carbocycles. The molecule has 1 fully saturated rings. The minimum atomic E-state index is -3.85. The molecule has 2 unspecified atom stereocenters. The van der Waals surface area contributed by atoms with Gasteiger partial charge in [0.1, 0.15) is 5.69 Å². The maximum Gasteiger partial charge on any atom is 0.264 e. The summed E-state index contributed by atoms with van der Waals surface area (Å²) in [6, 6.07) is 14.7. The molecule has 3 aromatic heterocycles. The Morgan fingerprint density at radius 3 is 2.51 bits per heavy atom. The van der Waals surface area contributed by atoms with E-state index in [9.17, 15) is 18.0 Å². The van der Waals surface area contributed by atoms with Crippen molar-refractivity contribution in [2.45, 2.75) is 56.7 Å². The summed E-state index contributed by atoms with van der Waals surface area (Å²) < 4.78 is 32.1. The van der Waals surface area contributed by atoms with Crippen LogP contribution in [0.15, 0.2) is 78.1 Å². The van der Waals surface area contributed by atoms with Gasteiger partial charge < -0.3 is 9.30 Å². The lowest BCUT2D eigenvalue weighted by Gasteiger charge is -2.28. The Labute approximate surface area is 249 Å². The molecule has 0 aliphatic carbocycles. The SMILES string of the molecule is CC(CCn1ccc(-c2ccc(-c3cn(Cc4ccncc4)nn3)cc2)cc1=O)(C(=O)NOC1CCCCO1)S(C)(=O)=O. The van der Waals surface area contributed by atoms with Gasteiger partial charge in [-0.2, -0.15) is 0 Å². The number of aryl methyl sites for hydroxylation is 1. The van der Waals surface area contributed by atoms with Crippen LogP contribution in [0.1, 0.15) is 38.2 Å². The number of sulfone groups is 1. The van der Waals surface area contributed by atoms with Crippen molar-refractivity contribution in [3.63, 3.8) is 0 Å². The minimum Gasteiger partial charge on any atom is -0.350 e. The molecule has 4 aromatic rings. The van der Waals surface area contributed by atoms with Crippen LogP contribution in [0.2, 0.25) is 0 Å². The van der Waals surface area contributed by atoms with E-state index in [2.05, 4.69) is 20.8 Å². The second kappa shape index (κ2) is 13.0. The van der Waals surface area contributed by atoms with Gasteiger partial charge in [0.15, 0.2) is 20.9 Å². The van der Waals surface area contributed by atoms with Gasteiger partial charge in [0.25, 0.3) is 11.5 Å². The van der Waals surface area contributed by atoms with Crippen molar-refractivity contribution in [1.82, 2.24) is 30.0 Å². The van der Waals surface area contributed by atoms with E-state index in [4.69, 9.17) is 9.57 Å². The largest absolute Gasteiger partial charge is 0.350 e. The zero-order valence-electron chi connectivity index (χ0n) is 24.0. The molecule has 12 nitrogen and oxygen atoms in total. The van der Waals surface area contributed by atoms with Gasteiger partial charge in [-0.1, -0.05) is 29.5 Å². The lowest BCUT2D eigenvalue weighted by Crippen LogP contribution is -2.51. The van der Waals surface area contributed by atoms with Gasteiger partial charge in [0.05, 0.1) is 12.7 Å². The van der Waals surface area contributed by atoms with E-state index < -0.39 is 26.8 Å². The van der Waals surface area contributed by atoms with Crippen LogP contribution in [0, 0.1) is 0 Å². The lowest BCUT2D eigenvalue weighted by atomic mass is 10.0. The van der Waals surface area contributed by atoms with Gasteiger partial charge in [0.2, 0.25) is 0 Å². The number of carbonyl (C=O) groups is 1. The molecule has 226 valence electrons. The number of nitrogens with one attached hydrogen (secondary N) is 1. The average Bonchev–Trinajstić information content (AvgIpc) is 3.48. The standard InChI is InChI=1S/C30H34N6O6S/c1-30(43(2,39)40,29(38)33-42-28-5-3-4-18-41-28)13-17-35-16-12-25(19-27(35)37)23-6-8-24(9-7-23)26-21-36(34-32-26)20-22-10-14-31-15-11-22/h6-12,14-16,19,21,28H,3-5,13,17-18,20H2,1-2H3,(H,33,38). The van der Waals surface area contributed by atoms with Crippen LogP contribution in [0.3, 0.4) is 0 Å². The van der Waals surface area contributed by atoms with E-state index in [0.29, 0.717) is 25.1 Å². The van der Waals surface area contributed by atoms with E-state index in [1.54, 1.807) is 29.3 Å². The quantitative estimate of drug-likeness (QED) is 0.255. The van der Waals surface area contributed by atoms with Gasteiger partial charge in [-0.3, -0.25) is 14.6 Å². The van der Waals surface area contributed by atoms with Crippen molar-refractivity contribution >= 4 is 15.7 Å². The second-order valence-electron chi connectivity index (χ2n) is 10.8. The normalized spacial score (nSPS) is 16.8. The minimum absolute atomic E-state index is 0.0180. The predicted molar refractivity (Wildman–Crippen MR) is 159 cm³/mol. The zero-order valence-corrected chi connectivity index (χ0v) is 24.9. The highest BCUT2D eigenvalue weighted by Crippen LogP contribution is 2.25. The van der Waals surface area contributed by atoms with Crippen molar-refractivity contribution in [2.24, 2.45) is 0 Å². The molecule has 4 heterocycles. The van der Waals surface area contributed by atoms with Crippen LogP contribution in [0.4, 0.5) is 0 Å². The molecule has 0 radical (unpaired) electrons. The molecule has 5 rings (SSSR count). The molecule has 43 heavy (non-hydrogen) atoms. The molecule has 1 saturated heterocycles. The molecule has 1 amide bonds. The van der Waals surface area contributed by atoms with E-state index in [0.717, 1.165) is 41.5 Å². The van der Waals surface area contributed by atoms with Crippen LogP contribution in [0.25, 0.3) is 22.4 Å². The van der Waals surface area contributed by atoms with Crippen molar-refractivity contribution < 1.29 is 22.8 Å². The average molecular weight is 607 g/mol. The first-order valence-electron chi connectivity index (χ1n) is 14.0. The number of nitrogens with zero attached hydrogens (tertiary/aromatic N) is 5. The van der Waals surface area contributed by atoms with Crippen molar-refractivity contribution in [1.29, 1.82) is 0 Å². The fraction of sp³-hybridized carbons (Fsp3) is 0.367. The summed E-state index contributed by atoms with van der Waals surface area (Å²) in [7, 11) is -3.85. The maximum atomic E-state index is 13.0. The number of pyridine rings is 2. The third-order valence-electron chi connectivity index (χ3n) is 7.69. The molecular formula is C30H34N6O6S. The summed E-state index contributed by atoms with van der Waals surface area (Å²) in [6.45, 7) is 2.45. The number of benzene rings is 1. The van der Waals surface area contributed by atoms with E-state index in [1.807, 2.05) is 42.6 Å². The number of ether oxygens (including phenoxy) is 1. The summed E-state index contributed by atoms with van der Waals surface area (Å²) in [5.74, 6) is -0.800. The zero-order chi connectivity index (χ0) is 30.5. The fourth-order valence-corrected chi connectivity index (χ4v) is 5.56. The van der Waals surface area contributed by atoms with Crippen LogP contribution < -0.4 is 11.0 Å². The molecule has 0 saturated carbocycles. The number of hydrogen-bond acceptors (Lipinski definition) is 9. The molecule has 1 aliphatic rings. The van der Waals surface area contributed by atoms with Gasteiger partial charge in [-0.05, 0) is 61.1 Å². The highest BCUT2D eigenvalue weighted by molar-refractivity contribution is 7.92. The fourth-order valence-electron chi connectivity index (χ4n) is 4.72. The highest BCUT2D eigenvalue weighted by atomic mass is 32.2. The van der Waals surface area contributed by atoms with Crippen molar-refractivity contribution in [2.75, 3.05) is 12.9 Å². The Kier molecular flexibility index (Phi) is 9.14. The summed E-state index contributed by atoms with van der Waals surface area (Å²) >= 11 is 0. The predicted octanol–water partition coefficient (Wildman–Crippen LogP) is 2.98. The van der Waals surface area contributed by atoms with Crippen molar-refractivity contribution in [3.8, 4) is 22.4 Å². The third kappa shape index (κ3) is 7.24. The lowest BCUT2D eigenvalue weighted by molar-refractivity contribution is -0.201. The summed E-state index contributed by atoms with van der Waals surface area (Å²) in [4.78, 5) is 35.3. The Morgan fingerprint density at radius 1 is 1.09 bits per heavy atom. The Morgan fingerprint density at radius 2 is 1.84 bits per heavy atom. The number of hydroxylamine groups is 1. The van der Waals surface area contributed by atoms with E-state index in [-0.39, 0.29) is 18.5 Å². The molecule has 2 atom stereocenters. The Bertz CT molecular complexity index is 1720. The molecule has 0 spiro atoms. The van der Waals surface area contributed by atoms with Crippen LogP contribution in [0.5, 0.6) is 0 Å². The number of aromatic nitrogens is 5. The summed E-state index contributed by atoms with van der Waals surface area (Å²) in [6.07, 6.45) is 9.62. The Balaban J connectivity index is 1.23.